The Labute approximate surface area is 318 Å². The molecule has 2 aliphatic rings. The lowest BCUT2D eigenvalue weighted by molar-refractivity contribution is -0.226. The van der Waals surface area contributed by atoms with Gasteiger partial charge in [0.2, 0.25) is 0 Å². The zero-order valence-electron chi connectivity index (χ0n) is 33.8. The van der Waals surface area contributed by atoms with Crippen LogP contribution in [0.1, 0.15) is 101 Å². The Bertz CT molecular complexity index is 1660. The van der Waals surface area contributed by atoms with Crippen molar-refractivity contribution in [2.24, 2.45) is 10.8 Å². The van der Waals surface area contributed by atoms with Crippen LogP contribution < -0.4 is 9.47 Å². The number of hydrogen-bond acceptors (Lipinski definition) is 9. The van der Waals surface area contributed by atoms with Crippen LogP contribution in [0.5, 0.6) is 11.5 Å². The van der Waals surface area contributed by atoms with Gasteiger partial charge in [0.25, 0.3) is 0 Å². The van der Waals surface area contributed by atoms with Crippen LogP contribution in [0.2, 0.25) is 18.1 Å². The number of aliphatic hydroxyl groups is 1. The van der Waals surface area contributed by atoms with E-state index < -0.39 is 26.5 Å². The predicted molar refractivity (Wildman–Crippen MR) is 209 cm³/mol. The van der Waals surface area contributed by atoms with E-state index in [2.05, 4.69) is 73.7 Å². The molecule has 0 bridgehead atoms. The minimum absolute atomic E-state index is 0.0158. The first-order valence-electron chi connectivity index (χ1n) is 18.8. The van der Waals surface area contributed by atoms with Gasteiger partial charge in [-0.1, -0.05) is 84.9 Å². The van der Waals surface area contributed by atoms with Gasteiger partial charge in [0.05, 0.1) is 33.5 Å². The molecule has 2 heterocycles. The van der Waals surface area contributed by atoms with Crippen molar-refractivity contribution < 1.29 is 42.7 Å². The van der Waals surface area contributed by atoms with E-state index in [0.717, 1.165) is 29.5 Å². The first-order valence-corrected chi connectivity index (χ1v) is 21.7. The number of hydrogen-bond donors (Lipinski definition) is 1. The van der Waals surface area contributed by atoms with Crippen LogP contribution in [0.25, 0.3) is 0 Å². The predicted octanol–water partition coefficient (Wildman–Crippen LogP) is 9.06. The molecule has 2 fully saturated rings. The third kappa shape index (κ3) is 9.72. The maximum Gasteiger partial charge on any atom is 0.191 e. The second-order valence-corrected chi connectivity index (χ2v) is 22.4. The molecule has 1 unspecified atom stereocenters. The smallest absolute Gasteiger partial charge is 0.191 e. The SMILES string of the molecule is COCOc1ccc(C2OCC(C)(C)CO2)cc1C(O)(c1cccc(CCCO[Si](C)(C)C(C)(C)C)c1)c1cc(C2OCC(C)(C)CO2)ccc1OC. The van der Waals surface area contributed by atoms with Gasteiger partial charge < -0.3 is 42.7 Å². The largest absolute Gasteiger partial charge is 0.496 e. The number of methoxy groups -OCH3 is 2. The zero-order chi connectivity index (χ0) is 38.7. The van der Waals surface area contributed by atoms with Crippen molar-refractivity contribution in [1.29, 1.82) is 0 Å². The molecule has 0 aromatic heterocycles. The summed E-state index contributed by atoms with van der Waals surface area (Å²) in [6, 6.07) is 19.5. The molecular weight excluding hydrogens is 689 g/mol. The maximum atomic E-state index is 13.6. The van der Waals surface area contributed by atoms with E-state index in [-0.39, 0.29) is 22.7 Å². The molecule has 0 spiro atoms. The van der Waals surface area contributed by atoms with Gasteiger partial charge in [-0.05, 0) is 66.4 Å². The average molecular weight is 751 g/mol. The van der Waals surface area contributed by atoms with Crippen LogP contribution in [-0.4, -0.2) is 67.5 Å². The molecule has 5 rings (SSSR count). The number of rotatable bonds is 14. The van der Waals surface area contributed by atoms with Gasteiger partial charge in [0, 0.05) is 46.8 Å². The molecule has 10 heteroatoms. The molecule has 0 aliphatic carbocycles. The quantitative estimate of drug-likeness (QED) is 0.0750. The Balaban J connectivity index is 1.62. The molecule has 2 aliphatic heterocycles. The Kier molecular flexibility index (Phi) is 12.9. The van der Waals surface area contributed by atoms with Crippen LogP contribution in [0.4, 0.5) is 0 Å². The van der Waals surface area contributed by atoms with Gasteiger partial charge in [-0.15, -0.1) is 0 Å². The minimum Gasteiger partial charge on any atom is -0.496 e. The highest BCUT2D eigenvalue weighted by Crippen LogP contribution is 2.48. The molecule has 1 atom stereocenters. The van der Waals surface area contributed by atoms with Crippen molar-refractivity contribution in [2.45, 2.75) is 97.6 Å². The maximum absolute atomic E-state index is 13.6. The van der Waals surface area contributed by atoms with E-state index in [1.165, 1.54) is 0 Å². The summed E-state index contributed by atoms with van der Waals surface area (Å²) in [5.41, 5.74) is 2.26. The Morgan fingerprint density at radius 1 is 0.755 bits per heavy atom. The monoisotopic (exact) mass is 750 g/mol. The fraction of sp³-hybridized carbons (Fsp3) is 0.581. The highest BCUT2D eigenvalue weighted by Gasteiger charge is 2.42. The van der Waals surface area contributed by atoms with Gasteiger partial charge in [-0.2, -0.15) is 0 Å². The van der Waals surface area contributed by atoms with Crippen LogP contribution in [0.3, 0.4) is 0 Å². The lowest BCUT2D eigenvalue weighted by Gasteiger charge is -2.37. The molecular formula is C43H62O9Si. The molecule has 2 saturated heterocycles. The number of aryl methyl sites for hydroxylation is 1. The Hall–Kier alpha value is -2.80. The number of benzene rings is 3. The van der Waals surface area contributed by atoms with Gasteiger partial charge in [-0.3, -0.25) is 0 Å². The second-order valence-electron chi connectivity index (χ2n) is 17.6. The second kappa shape index (κ2) is 16.5. The molecule has 9 nitrogen and oxygen atoms in total. The molecule has 53 heavy (non-hydrogen) atoms. The van der Waals surface area contributed by atoms with Crippen molar-refractivity contribution in [3.63, 3.8) is 0 Å². The molecule has 3 aromatic rings. The number of ether oxygens (including phenoxy) is 7. The van der Waals surface area contributed by atoms with Crippen molar-refractivity contribution in [3.8, 4) is 11.5 Å². The summed E-state index contributed by atoms with van der Waals surface area (Å²) in [6.07, 6.45) is 0.411. The summed E-state index contributed by atoms with van der Waals surface area (Å²) in [7, 11) is 1.31. The van der Waals surface area contributed by atoms with E-state index in [9.17, 15) is 5.11 Å². The van der Waals surface area contributed by atoms with Gasteiger partial charge in [0.15, 0.2) is 27.7 Å². The van der Waals surface area contributed by atoms with Crippen LogP contribution >= 0.6 is 0 Å². The molecule has 292 valence electrons. The van der Waals surface area contributed by atoms with Crippen molar-refractivity contribution in [3.05, 3.63) is 94.0 Å². The summed E-state index contributed by atoms with van der Waals surface area (Å²) < 4.78 is 48.9. The first-order chi connectivity index (χ1) is 24.9. The summed E-state index contributed by atoms with van der Waals surface area (Å²) >= 11 is 0. The lowest BCUT2D eigenvalue weighted by atomic mass is 9.77. The fourth-order valence-corrected chi connectivity index (χ4v) is 7.47. The van der Waals surface area contributed by atoms with E-state index >= 15 is 0 Å². The van der Waals surface area contributed by atoms with Gasteiger partial charge in [0.1, 0.15) is 17.1 Å². The average Bonchev–Trinajstić information content (AvgIpc) is 3.11. The Morgan fingerprint density at radius 3 is 1.79 bits per heavy atom. The molecule has 0 amide bonds. The normalized spacial score (nSPS) is 19.5. The molecule has 0 saturated carbocycles. The van der Waals surface area contributed by atoms with Crippen LogP contribution in [0, 0.1) is 10.8 Å². The van der Waals surface area contributed by atoms with Crippen molar-refractivity contribution in [1.82, 2.24) is 0 Å². The fourth-order valence-electron chi connectivity index (χ4n) is 6.38. The summed E-state index contributed by atoms with van der Waals surface area (Å²) in [5, 5.41) is 13.8. The standard InChI is InChI=1S/C43H62O9Si/c1-40(2,3)53(10,11)52-21-13-15-30-14-12-16-33(22-30)43(44,34-23-31(17-19-36(34)46-9)38-47-25-41(4,5)26-48-38)35-24-32(18-20-37(35)51-29-45-8)39-49-27-42(6,7)28-50-39/h12,14,16-20,22-24,38-39,44H,13,15,21,25-29H2,1-11H3. The van der Waals surface area contributed by atoms with E-state index in [4.69, 9.17) is 37.6 Å². The van der Waals surface area contributed by atoms with Crippen molar-refractivity contribution in [2.75, 3.05) is 54.0 Å². The molecule has 0 radical (unpaired) electrons. The van der Waals surface area contributed by atoms with Crippen molar-refractivity contribution >= 4 is 8.32 Å². The van der Waals surface area contributed by atoms with E-state index in [0.29, 0.717) is 61.2 Å². The molecule has 3 aromatic carbocycles. The zero-order valence-corrected chi connectivity index (χ0v) is 34.8. The highest BCUT2D eigenvalue weighted by atomic mass is 28.4. The Morgan fingerprint density at radius 2 is 1.28 bits per heavy atom. The van der Waals surface area contributed by atoms with E-state index in [1.807, 2.05) is 48.5 Å². The summed E-state index contributed by atoms with van der Waals surface area (Å²) in [6.45, 7) is 22.6. The lowest BCUT2D eigenvalue weighted by Crippen LogP contribution is -2.41. The molecule has 1 N–H and O–H groups in total. The summed E-state index contributed by atoms with van der Waals surface area (Å²) in [5.74, 6) is 0.942. The van der Waals surface area contributed by atoms with Gasteiger partial charge in [-0.25, -0.2) is 0 Å². The first kappa shape index (κ1) is 41.4. The van der Waals surface area contributed by atoms with Gasteiger partial charge >= 0.3 is 0 Å². The third-order valence-corrected chi connectivity index (χ3v) is 15.1. The highest BCUT2D eigenvalue weighted by molar-refractivity contribution is 6.74. The minimum atomic E-state index is -1.88. The summed E-state index contributed by atoms with van der Waals surface area (Å²) in [4.78, 5) is 0. The van der Waals surface area contributed by atoms with Crippen LogP contribution in [-0.2, 0) is 40.1 Å². The van der Waals surface area contributed by atoms with Crippen LogP contribution in [0.15, 0.2) is 60.7 Å². The van der Waals surface area contributed by atoms with E-state index in [1.54, 1.807) is 14.2 Å². The topological polar surface area (TPSA) is 94.1 Å². The third-order valence-electron chi connectivity index (χ3n) is 10.6.